The number of carbonyl (C=O) groups is 1. The molecule has 1 aliphatic heterocycles. The van der Waals surface area contributed by atoms with Crippen LogP contribution >= 0.6 is 11.6 Å². The first-order valence-corrected chi connectivity index (χ1v) is 12.7. The fourth-order valence-electron chi connectivity index (χ4n) is 4.38. The molecule has 0 N–H and O–H groups in total. The molecule has 1 aliphatic rings. The zero-order valence-electron chi connectivity index (χ0n) is 21.0. The van der Waals surface area contributed by atoms with E-state index in [1.807, 2.05) is 12.1 Å². The maximum atomic E-state index is 11.6. The first-order chi connectivity index (χ1) is 17.4. The Morgan fingerprint density at radius 3 is 2.50 bits per heavy atom. The highest BCUT2D eigenvalue weighted by Gasteiger charge is 2.17. The lowest BCUT2D eigenvalue weighted by molar-refractivity contribution is -0.114. The Kier molecular flexibility index (Phi) is 8.73. The molecule has 0 amide bonds. The lowest BCUT2D eigenvalue weighted by Gasteiger charge is -2.34. The van der Waals surface area contributed by atoms with Crippen LogP contribution in [0.15, 0.2) is 61.3 Å². The first kappa shape index (κ1) is 25.9. The summed E-state index contributed by atoms with van der Waals surface area (Å²) in [6, 6.07) is 14.5. The van der Waals surface area contributed by atoms with Crippen LogP contribution in [0.25, 0.3) is 0 Å². The number of allylic oxidation sites excluding steroid dienone is 1. The molecule has 1 fully saturated rings. The lowest BCUT2D eigenvalue weighted by atomic mass is 10.0. The number of ketones is 1. The van der Waals surface area contributed by atoms with Gasteiger partial charge in [0.2, 0.25) is 0 Å². The van der Waals surface area contributed by atoms with Crippen LogP contribution in [-0.2, 0) is 30.5 Å². The van der Waals surface area contributed by atoms with Crippen LogP contribution in [0.4, 0.5) is 5.69 Å². The summed E-state index contributed by atoms with van der Waals surface area (Å²) >= 11 is 6.43. The number of anilines is 1. The second kappa shape index (κ2) is 12.2. The van der Waals surface area contributed by atoms with Gasteiger partial charge in [0.15, 0.2) is 5.78 Å². The van der Waals surface area contributed by atoms with Gasteiger partial charge in [-0.25, -0.2) is 9.97 Å². The Balaban J connectivity index is 1.42. The maximum absolute atomic E-state index is 11.6. The molecule has 6 nitrogen and oxygen atoms in total. The van der Waals surface area contributed by atoms with E-state index in [4.69, 9.17) is 21.3 Å². The van der Waals surface area contributed by atoms with Crippen LogP contribution in [0, 0.1) is 0 Å². The quantitative estimate of drug-likeness (QED) is 0.377. The van der Waals surface area contributed by atoms with Crippen molar-refractivity contribution >= 4 is 23.1 Å². The van der Waals surface area contributed by atoms with Crippen molar-refractivity contribution in [2.24, 2.45) is 0 Å². The largest absolute Gasteiger partial charge is 0.496 e. The van der Waals surface area contributed by atoms with Gasteiger partial charge in [-0.2, -0.15) is 0 Å². The summed E-state index contributed by atoms with van der Waals surface area (Å²) in [7, 11) is 3.87. The molecule has 0 aliphatic carbocycles. The zero-order valence-corrected chi connectivity index (χ0v) is 21.8. The summed E-state index contributed by atoms with van der Waals surface area (Å²) in [6.07, 6.45) is 5.51. The molecular weight excluding hydrogens is 472 g/mol. The first-order valence-electron chi connectivity index (χ1n) is 12.3. The monoisotopic (exact) mass is 504 g/mol. The Morgan fingerprint density at radius 2 is 1.81 bits per heavy atom. The number of hydrogen-bond donors (Lipinski definition) is 0. The third kappa shape index (κ3) is 6.71. The molecule has 0 unspecified atom stereocenters. The summed E-state index contributed by atoms with van der Waals surface area (Å²) in [5.74, 6) is 1.59. The van der Waals surface area contributed by atoms with Crippen molar-refractivity contribution in [1.29, 1.82) is 0 Å². The molecule has 1 saturated heterocycles. The number of methoxy groups -OCH3 is 1. The Hall–Kier alpha value is -3.22. The van der Waals surface area contributed by atoms with Gasteiger partial charge in [-0.05, 0) is 43.2 Å². The van der Waals surface area contributed by atoms with Crippen molar-refractivity contribution in [3.8, 4) is 5.75 Å². The molecule has 0 radical (unpaired) electrons. The number of nitrogens with zero attached hydrogens (tertiary/aromatic N) is 4. The third-order valence-corrected chi connectivity index (χ3v) is 6.95. The molecule has 2 aromatic carbocycles. The second-order valence-electron chi connectivity index (χ2n) is 9.21. The minimum Gasteiger partial charge on any atom is -0.496 e. The van der Waals surface area contributed by atoms with E-state index in [9.17, 15) is 4.79 Å². The standard InChI is InChI=1S/C29H33ClN4O2/c1-4-25(35)17-22-7-5-21(6-8-22)9-12-27-26(30)20-31-29(32-27)18-23-10-11-24(19-28(23)36-3)34-15-13-33(2)14-16-34/h4-8,10-11,19-20H,1,9,12-18H2,2-3H3. The third-order valence-electron chi connectivity index (χ3n) is 6.63. The van der Waals surface area contributed by atoms with Gasteiger partial charge < -0.3 is 14.5 Å². The molecule has 0 atom stereocenters. The SMILES string of the molecule is C=CC(=O)Cc1ccc(CCc2nc(Cc3ccc(N4CCN(C)CC4)cc3OC)ncc2Cl)cc1. The molecule has 188 valence electrons. The van der Waals surface area contributed by atoms with Crippen molar-refractivity contribution in [1.82, 2.24) is 14.9 Å². The number of rotatable bonds is 10. The van der Waals surface area contributed by atoms with Crippen LogP contribution < -0.4 is 9.64 Å². The minimum absolute atomic E-state index is 0.0219. The molecule has 0 bridgehead atoms. The number of aromatic nitrogens is 2. The van der Waals surface area contributed by atoms with Gasteiger partial charge in [0.05, 0.1) is 17.8 Å². The molecule has 0 spiro atoms. The highest BCUT2D eigenvalue weighted by molar-refractivity contribution is 6.31. The molecule has 1 aromatic heterocycles. The van der Waals surface area contributed by atoms with Gasteiger partial charge in [-0.15, -0.1) is 0 Å². The number of halogens is 1. The fraction of sp³-hybridized carbons (Fsp3) is 0.345. The van der Waals surface area contributed by atoms with E-state index in [0.717, 1.165) is 61.0 Å². The average molecular weight is 505 g/mol. The van der Waals surface area contributed by atoms with Gasteiger partial charge in [0.1, 0.15) is 11.6 Å². The minimum atomic E-state index is 0.0219. The number of carbonyl (C=O) groups excluding carboxylic acids is 1. The second-order valence-corrected chi connectivity index (χ2v) is 9.62. The van der Waals surface area contributed by atoms with Crippen LogP contribution in [0.1, 0.15) is 28.2 Å². The number of hydrogen-bond acceptors (Lipinski definition) is 6. The summed E-state index contributed by atoms with van der Waals surface area (Å²) in [5, 5.41) is 0.573. The average Bonchev–Trinajstić information content (AvgIpc) is 2.90. The van der Waals surface area contributed by atoms with E-state index in [1.165, 1.54) is 17.3 Å². The van der Waals surface area contributed by atoms with Gasteiger partial charge >= 0.3 is 0 Å². The Morgan fingerprint density at radius 1 is 1.08 bits per heavy atom. The number of benzene rings is 2. The zero-order chi connectivity index (χ0) is 25.5. The summed E-state index contributed by atoms with van der Waals surface area (Å²) < 4.78 is 5.72. The van der Waals surface area contributed by atoms with Crippen molar-refractivity contribution in [3.05, 3.63) is 94.5 Å². The van der Waals surface area contributed by atoms with Crippen molar-refractivity contribution in [3.63, 3.8) is 0 Å². The van der Waals surface area contributed by atoms with E-state index in [2.05, 4.69) is 58.7 Å². The molecule has 0 saturated carbocycles. The molecule has 3 aromatic rings. The molecule has 4 rings (SSSR count). The predicted octanol–water partition coefficient (Wildman–Crippen LogP) is 4.56. The molecule has 7 heteroatoms. The van der Waals surface area contributed by atoms with Crippen molar-refractivity contribution < 1.29 is 9.53 Å². The van der Waals surface area contributed by atoms with Crippen LogP contribution in [0.3, 0.4) is 0 Å². The van der Waals surface area contributed by atoms with Gasteiger partial charge in [-0.1, -0.05) is 48.5 Å². The highest BCUT2D eigenvalue weighted by atomic mass is 35.5. The Labute approximate surface area is 218 Å². The smallest absolute Gasteiger partial charge is 0.159 e. The summed E-state index contributed by atoms with van der Waals surface area (Å²) in [4.78, 5) is 25.6. The van der Waals surface area contributed by atoms with Crippen LogP contribution in [-0.4, -0.2) is 61.0 Å². The van der Waals surface area contributed by atoms with Gasteiger partial charge in [0.25, 0.3) is 0 Å². The van der Waals surface area contributed by atoms with E-state index >= 15 is 0 Å². The van der Waals surface area contributed by atoms with Crippen molar-refractivity contribution in [2.45, 2.75) is 25.7 Å². The highest BCUT2D eigenvalue weighted by Crippen LogP contribution is 2.28. The van der Waals surface area contributed by atoms with Crippen LogP contribution in [0.2, 0.25) is 5.02 Å². The van der Waals surface area contributed by atoms with Gasteiger partial charge in [0, 0.05) is 62.5 Å². The number of ether oxygens (including phenoxy) is 1. The number of aryl methyl sites for hydroxylation is 2. The fourth-order valence-corrected chi connectivity index (χ4v) is 4.56. The van der Waals surface area contributed by atoms with E-state index in [0.29, 0.717) is 24.3 Å². The van der Waals surface area contributed by atoms with E-state index in [1.54, 1.807) is 13.3 Å². The number of piperazine rings is 1. The lowest BCUT2D eigenvalue weighted by Crippen LogP contribution is -2.44. The molecular formula is C29H33ClN4O2. The maximum Gasteiger partial charge on any atom is 0.159 e. The van der Waals surface area contributed by atoms with E-state index < -0.39 is 0 Å². The molecule has 2 heterocycles. The summed E-state index contributed by atoms with van der Waals surface area (Å²) in [6.45, 7) is 7.67. The predicted molar refractivity (Wildman–Crippen MR) is 145 cm³/mol. The van der Waals surface area contributed by atoms with E-state index in [-0.39, 0.29) is 5.78 Å². The molecule has 36 heavy (non-hydrogen) atoms. The topological polar surface area (TPSA) is 58.6 Å². The van der Waals surface area contributed by atoms with Crippen molar-refractivity contribution in [2.75, 3.05) is 45.2 Å². The normalized spacial score (nSPS) is 14.0. The van der Waals surface area contributed by atoms with Gasteiger partial charge in [-0.3, -0.25) is 4.79 Å². The summed E-state index contributed by atoms with van der Waals surface area (Å²) in [5.41, 5.74) is 5.22. The Bertz CT molecular complexity index is 1200. The van der Waals surface area contributed by atoms with Crippen LogP contribution in [0.5, 0.6) is 5.75 Å². The number of likely N-dealkylation sites (N-methyl/N-ethyl adjacent to an activating group) is 1.